The van der Waals surface area contributed by atoms with Crippen molar-refractivity contribution in [1.29, 1.82) is 0 Å². The van der Waals surface area contributed by atoms with Crippen molar-refractivity contribution in [3.05, 3.63) is 61.2 Å². The highest BCUT2D eigenvalue weighted by Crippen LogP contribution is 2.61. The fourth-order valence-electron chi connectivity index (χ4n) is 8.20. The van der Waals surface area contributed by atoms with E-state index in [2.05, 4.69) is 29.1 Å². The lowest BCUT2D eigenvalue weighted by molar-refractivity contribution is -0.153. The van der Waals surface area contributed by atoms with Gasteiger partial charge in [0.05, 0.1) is 30.6 Å². The SMILES string of the molecule is C=CCN(CCC)C(=O)[C@H]1[C@@H]2OC3(CC2Br)C(C(=O)N(CC=C)C2CCCCC2)N([C@@H](CO)Cc2ccccc2)C(=O)[C@H]13. The largest absolute Gasteiger partial charge is 0.394 e. The van der Waals surface area contributed by atoms with Crippen LogP contribution in [-0.2, 0) is 25.5 Å². The Hall–Kier alpha value is -2.49. The highest BCUT2D eigenvalue weighted by atomic mass is 79.9. The van der Waals surface area contributed by atoms with Crippen LogP contribution < -0.4 is 0 Å². The maximum atomic E-state index is 14.9. The molecule has 1 aromatic carbocycles. The molecule has 234 valence electrons. The van der Waals surface area contributed by atoms with Crippen molar-refractivity contribution in [1.82, 2.24) is 14.7 Å². The van der Waals surface area contributed by atoms with Crippen LogP contribution in [0.1, 0.15) is 57.4 Å². The molecule has 4 fully saturated rings. The molecular weight excluding hydrogens is 610 g/mol. The number of ether oxygens (including phenoxy) is 1. The number of carbonyl (C=O) groups is 3. The van der Waals surface area contributed by atoms with Crippen LogP contribution in [0, 0.1) is 11.8 Å². The Morgan fingerprint density at radius 1 is 1.14 bits per heavy atom. The quantitative estimate of drug-likeness (QED) is 0.255. The van der Waals surface area contributed by atoms with Gasteiger partial charge in [0.2, 0.25) is 17.7 Å². The Balaban J connectivity index is 1.59. The van der Waals surface area contributed by atoms with Crippen LogP contribution in [0.15, 0.2) is 55.6 Å². The van der Waals surface area contributed by atoms with E-state index >= 15 is 0 Å². The third-order valence-corrected chi connectivity index (χ3v) is 10.8. The molecular formula is C34H46BrN3O5. The van der Waals surface area contributed by atoms with Crippen LogP contribution >= 0.6 is 15.9 Å². The molecule has 3 saturated heterocycles. The third kappa shape index (κ3) is 5.73. The number of alkyl halides is 1. The van der Waals surface area contributed by atoms with Crippen molar-refractivity contribution in [3.8, 4) is 0 Å². The molecule has 43 heavy (non-hydrogen) atoms. The molecule has 1 spiro atoms. The van der Waals surface area contributed by atoms with Crippen LogP contribution in [-0.4, -0.2) is 98.4 Å². The number of aliphatic hydroxyl groups excluding tert-OH is 1. The predicted molar refractivity (Wildman–Crippen MR) is 169 cm³/mol. The molecule has 3 aliphatic heterocycles. The molecule has 7 atom stereocenters. The van der Waals surface area contributed by atoms with Crippen LogP contribution in [0.3, 0.4) is 0 Å². The standard InChI is InChI=1S/C34H46BrN3O5/c1-4-17-36(18-5-2)31(40)27-28-32(41)38(25(22-39)20-23-13-9-7-10-14-23)30(34(28)21-26(35)29(27)43-34)33(42)37(19-6-3)24-15-11-8-12-16-24/h4,6-7,9-10,13-14,24-30,39H,1,3,5,8,11-12,15-22H2,2H3/t25-,26?,27-,28+,29-,30?,34?/m1/s1. The topological polar surface area (TPSA) is 90.4 Å². The van der Waals surface area contributed by atoms with Gasteiger partial charge in [0.25, 0.3) is 0 Å². The van der Waals surface area contributed by atoms with E-state index in [-0.39, 0.29) is 35.2 Å². The second kappa shape index (κ2) is 13.7. The number of halogens is 1. The number of carbonyl (C=O) groups excluding carboxylic acids is 3. The number of hydrogen-bond donors (Lipinski definition) is 1. The zero-order valence-corrected chi connectivity index (χ0v) is 26.9. The van der Waals surface area contributed by atoms with Gasteiger partial charge in [0, 0.05) is 30.5 Å². The van der Waals surface area contributed by atoms with Gasteiger partial charge in [-0.3, -0.25) is 14.4 Å². The lowest BCUT2D eigenvalue weighted by Gasteiger charge is -2.42. The molecule has 1 aliphatic carbocycles. The molecule has 9 heteroatoms. The molecule has 0 aromatic heterocycles. The summed E-state index contributed by atoms with van der Waals surface area (Å²) in [5, 5.41) is 10.8. The van der Waals surface area contributed by atoms with Gasteiger partial charge < -0.3 is 24.5 Å². The van der Waals surface area contributed by atoms with Crippen LogP contribution in [0.4, 0.5) is 0 Å². The van der Waals surface area contributed by atoms with Crippen molar-refractivity contribution < 1.29 is 24.2 Å². The Labute approximate surface area is 264 Å². The first-order chi connectivity index (χ1) is 20.8. The second-order valence-corrected chi connectivity index (χ2v) is 13.8. The fourth-order valence-corrected chi connectivity index (χ4v) is 9.14. The smallest absolute Gasteiger partial charge is 0.248 e. The first-order valence-corrected chi connectivity index (χ1v) is 16.8. The molecule has 4 aliphatic rings. The summed E-state index contributed by atoms with van der Waals surface area (Å²) in [6.45, 7) is 10.8. The van der Waals surface area contributed by atoms with E-state index in [1.807, 2.05) is 42.2 Å². The van der Waals surface area contributed by atoms with E-state index in [9.17, 15) is 19.5 Å². The van der Waals surface area contributed by atoms with Gasteiger partial charge >= 0.3 is 0 Å². The molecule has 8 nitrogen and oxygen atoms in total. The van der Waals surface area contributed by atoms with E-state index in [4.69, 9.17) is 4.74 Å². The number of nitrogens with zero attached hydrogens (tertiary/aromatic N) is 3. The van der Waals surface area contributed by atoms with Gasteiger partial charge in [-0.15, -0.1) is 13.2 Å². The monoisotopic (exact) mass is 655 g/mol. The first kappa shape index (κ1) is 31.9. The number of rotatable bonds is 13. The fraction of sp³-hybridized carbons (Fsp3) is 0.618. The number of likely N-dealkylation sites (tertiary alicyclic amines) is 1. The average Bonchev–Trinajstić information content (AvgIpc) is 3.62. The molecule has 1 saturated carbocycles. The van der Waals surface area contributed by atoms with E-state index in [0.717, 1.165) is 44.1 Å². The summed E-state index contributed by atoms with van der Waals surface area (Å²) in [5.74, 6) is -2.11. The van der Waals surface area contributed by atoms with Gasteiger partial charge in [-0.05, 0) is 37.7 Å². The first-order valence-electron chi connectivity index (χ1n) is 15.9. The zero-order valence-electron chi connectivity index (χ0n) is 25.3. The summed E-state index contributed by atoms with van der Waals surface area (Å²) < 4.78 is 6.79. The summed E-state index contributed by atoms with van der Waals surface area (Å²) in [5.41, 5.74) is -0.209. The molecule has 3 amide bonds. The number of hydrogen-bond acceptors (Lipinski definition) is 5. The minimum absolute atomic E-state index is 0.0526. The Morgan fingerprint density at radius 3 is 2.47 bits per heavy atom. The van der Waals surface area contributed by atoms with Gasteiger partial charge in [-0.2, -0.15) is 0 Å². The van der Waals surface area contributed by atoms with E-state index in [1.165, 1.54) is 0 Å². The van der Waals surface area contributed by atoms with Gasteiger partial charge in [0.15, 0.2) is 0 Å². The van der Waals surface area contributed by atoms with Crippen molar-refractivity contribution in [2.75, 3.05) is 26.2 Å². The van der Waals surface area contributed by atoms with E-state index in [0.29, 0.717) is 32.5 Å². The number of amides is 3. The maximum Gasteiger partial charge on any atom is 0.248 e. The van der Waals surface area contributed by atoms with Gasteiger partial charge in [0.1, 0.15) is 11.6 Å². The van der Waals surface area contributed by atoms with Gasteiger partial charge in [-0.25, -0.2) is 0 Å². The van der Waals surface area contributed by atoms with Crippen molar-refractivity contribution in [3.63, 3.8) is 0 Å². The van der Waals surface area contributed by atoms with Crippen LogP contribution in [0.5, 0.6) is 0 Å². The molecule has 2 bridgehead atoms. The molecule has 5 rings (SSSR count). The zero-order chi connectivity index (χ0) is 30.7. The Kier molecular flexibility index (Phi) is 10.1. The highest BCUT2D eigenvalue weighted by Gasteiger charge is 2.77. The summed E-state index contributed by atoms with van der Waals surface area (Å²) in [6.07, 6.45) is 9.60. The normalized spacial score (nSPS) is 30.6. The Bertz CT molecular complexity index is 1190. The lowest BCUT2D eigenvalue weighted by atomic mass is 9.70. The van der Waals surface area contributed by atoms with Crippen molar-refractivity contribution in [2.24, 2.45) is 11.8 Å². The summed E-state index contributed by atoms with van der Waals surface area (Å²) >= 11 is 3.80. The molecule has 3 heterocycles. The highest BCUT2D eigenvalue weighted by molar-refractivity contribution is 9.09. The summed E-state index contributed by atoms with van der Waals surface area (Å²) in [4.78, 5) is 48.9. The van der Waals surface area contributed by atoms with E-state index in [1.54, 1.807) is 22.0 Å². The van der Waals surface area contributed by atoms with Gasteiger partial charge in [-0.1, -0.05) is 84.6 Å². The molecule has 1 N–H and O–H groups in total. The third-order valence-electron chi connectivity index (χ3n) is 9.94. The number of benzene rings is 1. The van der Waals surface area contributed by atoms with E-state index < -0.39 is 35.6 Å². The average molecular weight is 657 g/mol. The predicted octanol–water partition coefficient (Wildman–Crippen LogP) is 4.11. The van der Waals surface area contributed by atoms with Crippen molar-refractivity contribution >= 4 is 33.7 Å². The summed E-state index contributed by atoms with van der Waals surface area (Å²) in [7, 11) is 0. The number of fused-ring (bicyclic) bond motifs is 1. The van der Waals surface area contributed by atoms with Crippen LogP contribution in [0.2, 0.25) is 0 Å². The minimum Gasteiger partial charge on any atom is -0.394 e. The van der Waals surface area contributed by atoms with Crippen LogP contribution in [0.25, 0.3) is 0 Å². The number of aliphatic hydroxyl groups is 1. The molecule has 0 radical (unpaired) electrons. The summed E-state index contributed by atoms with van der Waals surface area (Å²) in [6, 6.07) is 8.17. The molecule has 3 unspecified atom stereocenters. The second-order valence-electron chi connectivity index (χ2n) is 12.6. The lowest BCUT2D eigenvalue weighted by Crippen LogP contribution is -2.61. The Morgan fingerprint density at radius 2 is 1.84 bits per heavy atom. The van der Waals surface area contributed by atoms with Crippen molar-refractivity contribution in [2.45, 2.75) is 92.9 Å². The minimum atomic E-state index is -1.17. The maximum absolute atomic E-state index is 14.9. The molecule has 1 aromatic rings.